The number of fused-ring (bicyclic) bond motifs is 2. The van der Waals surface area contributed by atoms with E-state index in [1.807, 2.05) is 0 Å². The van der Waals surface area contributed by atoms with Gasteiger partial charge in [0.2, 0.25) is 5.91 Å². The fraction of sp³-hybridized carbons (Fsp3) is 0.591. The quantitative estimate of drug-likeness (QED) is 0.674. The van der Waals surface area contributed by atoms with Crippen molar-refractivity contribution in [1.82, 2.24) is 15.1 Å². The predicted molar refractivity (Wildman–Crippen MR) is 115 cm³/mol. The average molecular weight is 462 g/mol. The van der Waals surface area contributed by atoms with Gasteiger partial charge in [-0.1, -0.05) is 31.0 Å². The lowest BCUT2D eigenvalue weighted by Gasteiger charge is -2.35. The zero-order valence-corrected chi connectivity index (χ0v) is 18.6. The van der Waals surface area contributed by atoms with Crippen molar-refractivity contribution < 1.29 is 27.5 Å². The molecule has 172 valence electrons. The number of sulfone groups is 1. The number of hydrogen-bond acceptors (Lipinski definition) is 6. The van der Waals surface area contributed by atoms with Crippen LogP contribution in [0.1, 0.15) is 44.1 Å². The van der Waals surface area contributed by atoms with Gasteiger partial charge in [0.05, 0.1) is 18.1 Å². The van der Waals surface area contributed by atoms with E-state index in [4.69, 9.17) is 4.74 Å². The maximum atomic E-state index is 13.5. The second kappa shape index (κ2) is 7.75. The van der Waals surface area contributed by atoms with Gasteiger partial charge in [0.15, 0.2) is 15.4 Å². The Kier molecular flexibility index (Phi) is 5.15. The van der Waals surface area contributed by atoms with Gasteiger partial charge in [0.25, 0.3) is 5.91 Å². The van der Waals surface area contributed by atoms with Gasteiger partial charge >= 0.3 is 6.03 Å². The highest BCUT2D eigenvalue weighted by Crippen LogP contribution is 2.41. The molecule has 1 aliphatic carbocycles. The van der Waals surface area contributed by atoms with Gasteiger partial charge in [-0.05, 0) is 25.3 Å². The molecule has 9 nitrogen and oxygen atoms in total. The summed E-state index contributed by atoms with van der Waals surface area (Å²) in [7, 11) is -3.18. The van der Waals surface area contributed by atoms with Crippen LogP contribution in [0.2, 0.25) is 0 Å². The first-order valence-electron chi connectivity index (χ1n) is 11.2. The highest BCUT2D eigenvalue weighted by atomic mass is 32.2. The number of carbonyl (C=O) groups is 3. The summed E-state index contributed by atoms with van der Waals surface area (Å²) in [6.07, 6.45) is 4.29. The van der Waals surface area contributed by atoms with Crippen LogP contribution >= 0.6 is 0 Å². The Morgan fingerprint density at radius 1 is 1.16 bits per heavy atom. The Morgan fingerprint density at radius 2 is 1.91 bits per heavy atom. The molecule has 32 heavy (non-hydrogen) atoms. The number of para-hydroxylation sites is 1. The number of hydrogen-bond donors (Lipinski definition) is 1. The molecule has 1 spiro atoms. The Morgan fingerprint density at radius 3 is 2.62 bits per heavy atom. The molecule has 2 saturated heterocycles. The second-order valence-corrected chi connectivity index (χ2v) is 11.3. The van der Waals surface area contributed by atoms with Gasteiger partial charge in [-0.25, -0.2) is 13.2 Å². The summed E-state index contributed by atoms with van der Waals surface area (Å²) < 4.78 is 29.8. The largest absolute Gasteiger partial charge is 0.493 e. The van der Waals surface area contributed by atoms with Gasteiger partial charge in [0.1, 0.15) is 12.3 Å². The summed E-state index contributed by atoms with van der Waals surface area (Å²) in [5.74, 6) is -0.262. The monoisotopic (exact) mass is 461 g/mol. The third kappa shape index (κ3) is 3.44. The van der Waals surface area contributed by atoms with Gasteiger partial charge in [-0.3, -0.25) is 14.5 Å². The van der Waals surface area contributed by atoms with Crippen LogP contribution < -0.4 is 10.1 Å². The van der Waals surface area contributed by atoms with Crippen LogP contribution in [0.4, 0.5) is 4.79 Å². The van der Waals surface area contributed by atoms with Crippen molar-refractivity contribution in [3.63, 3.8) is 0 Å². The third-order valence-electron chi connectivity index (χ3n) is 7.16. The molecule has 1 N–H and O–H groups in total. The van der Waals surface area contributed by atoms with Gasteiger partial charge in [0, 0.05) is 24.1 Å². The van der Waals surface area contributed by atoms with Crippen molar-refractivity contribution in [2.45, 2.75) is 56.1 Å². The second-order valence-electron chi connectivity index (χ2n) is 9.12. The molecule has 3 heterocycles. The molecular formula is C22H27N3O6S. The zero-order chi connectivity index (χ0) is 22.5. The Hall–Kier alpha value is -2.62. The Balaban J connectivity index is 1.40. The highest BCUT2D eigenvalue weighted by molar-refractivity contribution is 7.91. The molecule has 0 radical (unpaired) electrons. The van der Waals surface area contributed by atoms with E-state index in [2.05, 4.69) is 5.32 Å². The number of rotatable bonds is 4. The molecule has 2 atom stereocenters. The molecule has 3 fully saturated rings. The summed E-state index contributed by atoms with van der Waals surface area (Å²) in [4.78, 5) is 42.4. The number of amides is 4. The molecule has 5 rings (SSSR count). The lowest BCUT2D eigenvalue weighted by Crippen LogP contribution is -2.52. The van der Waals surface area contributed by atoms with Crippen LogP contribution in [0, 0.1) is 0 Å². The zero-order valence-electron chi connectivity index (χ0n) is 17.8. The summed E-state index contributed by atoms with van der Waals surface area (Å²) >= 11 is 0. The summed E-state index contributed by atoms with van der Waals surface area (Å²) in [6, 6.07) is 6.05. The summed E-state index contributed by atoms with van der Waals surface area (Å²) in [6.45, 7) is -0.110. The van der Waals surface area contributed by atoms with E-state index >= 15 is 0 Å². The van der Waals surface area contributed by atoms with Crippen LogP contribution in [-0.4, -0.2) is 72.8 Å². The minimum atomic E-state index is -3.18. The standard InChI is InChI=1S/C22H27N3O6S/c26-19(25(15-5-1-2-6-15)16-9-12-32(29,30)14-16)13-24-20(27)22(23-21(24)28)10-11-31-18-8-4-3-7-17(18)22/h3-4,7-8,15-16H,1-2,5-6,9-14H2,(H,23,28)/t16-,22-/m1/s1. The molecule has 10 heteroatoms. The first-order chi connectivity index (χ1) is 15.3. The maximum Gasteiger partial charge on any atom is 0.325 e. The van der Waals surface area contributed by atoms with Crippen LogP contribution in [0.3, 0.4) is 0 Å². The van der Waals surface area contributed by atoms with Crippen LogP contribution in [0.15, 0.2) is 24.3 Å². The molecule has 3 aliphatic heterocycles. The van der Waals surface area contributed by atoms with Crippen molar-refractivity contribution >= 4 is 27.7 Å². The molecular weight excluding hydrogens is 434 g/mol. The van der Waals surface area contributed by atoms with E-state index in [9.17, 15) is 22.8 Å². The normalized spacial score (nSPS) is 29.1. The smallest absolute Gasteiger partial charge is 0.325 e. The minimum Gasteiger partial charge on any atom is -0.493 e. The third-order valence-corrected chi connectivity index (χ3v) is 8.91. The fourth-order valence-corrected chi connectivity index (χ4v) is 7.33. The Bertz CT molecular complexity index is 1070. The van der Waals surface area contributed by atoms with E-state index < -0.39 is 33.4 Å². The number of nitrogens with zero attached hydrogens (tertiary/aromatic N) is 2. The summed E-state index contributed by atoms with van der Waals surface area (Å²) in [5.41, 5.74) is -0.643. The lowest BCUT2D eigenvalue weighted by molar-refractivity contribution is -0.142. The first kappa shape index (κ1) is 21.2. The SMILES string of the molecule is O=C1N[C@@]2(CCOc3ccccc32)C(=O)N1CC(=O)N(C1CCCC1)[C@@H]1CCS(=O)(=O)C1. The van der Waals surface area contributed by atoms with Gasteiger partial charge < -0.3 is 15.0 Å². The predicted octanol–water partition coefficient (Wildman–Crippen LogP) is 1.17. The van der Waals surface area contributed by atoms with Crippen molar-refractivity contribution in [3.8, 4) is 5.75 Å². The highest BCUT2D eigenvalue weighted by Gasteiger charge is 2.55. The number of nitrogens with one attached hydrogen (secondary N) is 1. The molecule has 4 aliphatic rings. The number of imide groups is 1. The average Bonchev–Trinajstić information content (AvgIpc) is 3.46. The van der Waals surface area contributed by atoms with Crippen molar-refractivity contribution in [1.29, 1.82) is 0 Å². The van der Waals surface area contributed by atoms with E-state index in [0.29, 0.717) is 17.7 Å². The van der Waals surface area contributed by atoms with Crippen LogP contribution in [0.25, 0.3) is 0 Å². The molecule has 0 aromatic heterocycles. The van der Waals surface area contributed by atoms with Crippen molar-refractivity contribution in [2.75, 3.05) is 24.7 Å². The van der Waals surface area contributed by atoms with E-state index in [1.165, 1.54) is 0 Å². The minimum absolute atomic E-state index is 0.0423. The molecule has 1 aromatic rings. The topological polar surface area (TPSA) is 113 Å². The lowest BCUT2D eigenvalue weighted by atomic mass is 9.84. The molecule has 1 aromatic carbocycles. The number of urea groups is 1. The molecule has 0 unspecified atom stereocenters. The first-order valence-corrected chi connectivity index (χ1v) is 13.0. The van der Waals surface area contributed by atoms with E-state index in [0.717, 1.165) is 30.6 Å². The summed E-state index contributed by atoms with van der Waals surface area (Å²) in [5, 5.41) is 2.81. The molecule has 4 amide bonds. The molecule has 1 saturated carbocycles. The van der Waals surface area contributed by atoms with Crippen molar-refractivity contribution in [2.24, 2.45) is 0 Å². The number of carbonyl (C=O) groups excluding carboxylic acids is 3. The van der Waals surface area contributed by atoms with E-state index in [-0.39, 0.29) is 43.0 Å². The fourth-order valence-electron chi connectivity index (χ4n) is 5.62. The van der Waals surface area contributed by atoms with Crippen LogP contribution in [0.5, 0.6) is 5.75 Å². The molecule has 0 bridgehead atoms. The van der Waals surface area contributed by atoms with Crippen molar-refractivity contribution in [3.05, 3.63) is 29.8 Å². The van der Waals surface area contributed by atoms with E-state index in [1.54, 1.807) is 29.2 Å². The van der Waals surface area contributed by atoms with Crippen LogP contribution in [-0.2, 0) is 25.0 Å². The number of ether oxygens (including phenoxy) is 1. The Labute approximate surface area is 187 Å². The maximum absolute atomic E-state index is 13.5. The van der Waals surface area contributed by atoms with Gasteiger partial charge in [-0.15, -0.1) is 0 Å². The van der Waals surface area contributed by atoms with Gasteiger partial charge in [-0.2, -0.15) is 0 Å². The number of benzene rings is 1.